The number of aliphatic hydroxyl groups is 1. The summed E-state index contributed by atoms with van der Waals surface area (Å²) < 4.78 is 0. The predicted molar refractivity (Wildman–Crippen MR) is 92.1 cm³/mol. The molecule has 1 atom stereocenters. The van der Waals surface area contributed by atoms with Crippen LogP contribution in [-0.2, 0) is 17.8 Å². The minimum absolute atomic E-state index is 0.00297. The largest absolute Gasteiger partial charge is 0.396 e. The normalized spacial score (nSPS) is 14.2. The maximum atomic E-state index is 12.0. The van der Waals surface area contributed by atoms with Crippen molar-refractivity contribution in [3.8, 4) is 0 Å². The minimum atomic E-state index is -0.00297. The van der Waals surface area contributed by atoms with Gasteiger partial charge in [-0.25, -0.2) is 0 Å². The van der Waals surface area contributed by atoms with E-state index in [0.29, 0.717) is 19.4 Å². The summed E-state index contributed by atoms with van der Waals surface area (Å²) in [6.45, 7) is 4.47. The van der Waals surface area contributed by atoms with Crippen LogP contribution in [0.25, 0.3) is 0 Å². The van der Waals surface area contributed by atoms with E-state index >= 15 is 0 Å². The molecule has 3 rings (SSSR count). The Hall–Kier alpha value is -2.40. The molecular formula is C19H21N3O2. The molecule has 0 aromatic carbocycles. The lowest BCUT2D eigenvalue weighted by molar-refractivity contribution is -0.119. The Morgan fingerprint density at radius 2 is 2.17 bits per heavy atom. The molecule has 3 heterocycles. The Morgan fingerprint density at radius 1 is 1.33 bits per heavy atom. The molecule has 2 aromatic rings. The van der Waals surface area contributed by atoms with Crippen molar-refractivity contribution in [2.24, 2.45) is 10.9 Å². The van der Waals surface area contributed by atoms with Gasteiger partial charge in [-0.05, 0) is 36.6 Å². The van der Waals surface area contributed by atoms with Crippen molar-refractivity contribution in [1.29, 1.82) is 0 Å². The van der Waals surface area contributed by atoms with Crippen molar-refractivity contribution in [1.82, 2.24) is 9.97 Å². The number of hydrogen-bond donors (Lipinski definition) is 1. The number of pyridine rings is 2. The summed E-state index contributed by atoms with van der Waals surface area (Å²) in [4.78, 5) is 25.3. The lowest BCUT2D eigenvalue weighted by atomic mass is 9.99. The zero-order valence-electron chi connectivity index (χ0n) is 14.0. The highest BCUT2D eigenvalue weighted by Crippen LogP contribution is 2.23. The molecule has 0 fully saturated rings. The molecule has 5 nitrogen and oxygen atoms in total. The second kappa shape index (κ2) is 7.01. The highest BCUT2D eigenvalue weighted by molar-refractivity contribution is 6.15. The second-order valence-corrected chi connectivity index (χ2v) is 6.39. The molecule has 1 aliphatic rings. The number of ketones is 1. The van der Waals surface area contributed by atoms with Gasteiger partial charge in [0.2, 0.25) is 0 Å². The Bertz CT molecular complexity index is 799. The first-order valence-electron chi connectivity index (χ1n) is 8.15. The van der Waals surface area contributed by atoms with Gasteiger partial charge in [0.05, 0.1) is 12.3 Å². The van der Waals surface area contributed by atoms with Crippen LogP contribution in [0.15, 0.2) is 35.6 Å². The minimum Gasteiger partial charge on any atom is -0.396 e. The third-order valence-electron chi connectivity index (χ3n) is 4.15. The van der Waals surface area contributed by atoms with Gasteiger partial charge in [0.15, 0.2) is 0 Å². The molecular weight excluding hydrogens is 302 g/mol. The van der Waals surface area contributed by atoms with Crippen LogP contribution in [0.4, 0.5) is 0 Å². The van der Waals surface area contributed by atoms with Crippen molar-refractivity contribution >= 4 is 11.5 Å². The summed E-state index contributed by atoms with van der Waals surface area (Å²) in [5, 5.41) is 9.05. The number of nitrogens with zero attached hydrogens (tertiary/aromatic N) is 3. The summed E-state index contributed by atoms with van der Waals surface area (Å²) >= 11 is 0. The fourth-order valence-electron chi connectivity index (χ4n) is 2.90. The number of carbonyl (C=O) groups is 1. The molecule has 0 amide bonds. The molecule has 1 unspecified atom stereocenters. The number of aryl methyl sites for hydroxylation is 1. The number of aliphatic hydroxyl groups excluding tert-OH is 1. The monoisotopic (exact) mass is 323 g/mol. The molecule has 2 aromatic heterocycles. The molecule has 0 aliphatic carbocycles. The Balaban J connectivity index is 1.76. The van der Waals surface area contributed by atoms with E-state index in [4.69, 9.17) is 5.11 Å². The standard InChI is InChI=1S/C19H21N3O2/c1-12(11-23)5-17(24)8-16-7-15-9-22-19(18(15)10-21-16)14-3-4-20-13(2)6-14/h3-4,6-7,10,12,23H,5,8-9,11H2,1-2H3. The molecule has 24 heavy (non-hydrogen) atoms. The number of hydrogen-bond acceptors (Lipinski definition) is 5. The van der Waals surface area contributed by atoms with Crippen LogP contribution in [0.3, 0.4) is 0 Å². The second-order valence-electron chi connectivity index (χ2n) is 6.39. The van der Waals surface area contributed by atoms with Crippen LogP contribution in [0.1, 0.15) is 41.4 Å². The number of carbonyl (C=O) groups excluding carboxylic acids is 1. The lowest BCUT2D eigenvalue weighted by Crippen LogP contribution is -2.12. The van der Waals surface area contributed by atoms with Gasteiger partial charge in [-0.3, -0.25) is 19.8 Å². The molecule has 124 valence electrons. The summed E-state index contributed by atoms with van der Waals surface area (Å²) in [5.41, 5.74) is 5.84. The first-order valence-corrected chi connectivity index (χ1v) is 8.15. The fourth-order valence-corrected chi connectivity index (χ4v) is 2.90. The molecule has 0 spiro atoms. The summed E-state index contributed by atoms with van der Waals surface area (Å²) in [6, 6.07) is 5.94. The zero-order chi connectivity index (χ0) is 17.1. The molecule has 0 radical (unpaired) electrons. The van der Waals surface area contributed by atoms with E-state index in [1.807, 2.05) is 38.2 Å². The Morgan fingerprint density at radius 3 is 2.92 bits per heavy atom. The van der Waals surface area contributed by atoms with Gasteiger partial charge in [-0.15, -0.1) is 0 Å². The molecule has 5 heteroatoms. The smallest absolute Gasteiger partial charge is 0.139 e. The number of Topliss-reactive ketones (excluding diaryl/α,β-unsaturated/α-hetero) is 1. The van der Waals surface area contributed by atoms with Gasteiger partial charge in [-0.1, -0.05) is 6.92 Å². The third kappa shape index (κ3) is 3.57. The maximum Gasteiger partial charge on any atom is 0.139 e. The van der Waals surface area contributed by atoms with E-state index < -0.39 is 0 Å². The quantitative estimate of drug-likeness (QED) is 0.885. The molecule has 1 aliphatic heterocycles. The fraction of sp³-hybridized carbons (Fsp3) is 0.368. The SMILES string of the molecule is Cc1cc(C2=NCc3cc(CC(=O)CC(C)CO)ncc32)ccn1. The van der Waals surface area contributed by atoms with Crippen LogP contribution in [0.2, 0.25) is 0 Å². The average Bonchev–Trinajstić information content (AvgIpc) is 2.97. The first kappa shape index (κ1) is 16.5. The highest BCUT2D eigenvalue weighted by Gasteiger charge is 2.19. The van der Waals surface area contributed by atoms with Crippen molar-refractivity contribution in [2.75, 3.05) is 6.61 Å². The predicted octanol–water partition coefficient (Wildman–Crippen LogP) is 2.27. The lowest BCUT2D eigenvalue weighted by Gasteiger charge is -2.08. The van der Waals surface area contributed by atoms with Crippen LogP contribution >= 0.6 is 0 Å². The number of rotatable bonds is 6. The van der Waals surface area contributed by atoms with E-state index in [2.05, 4.69) is 15.0 Å². The van der Waals surface area contributed by atoms with E-state index in [1.54, 1.807) is 6.20 Å². The van der Waals surface area contributed by atoms with E-state index in [9.17, 15) is 4.79 Å². The molecule has 0 saturated carbocycles. The van der Waals surface area contributed by atoms with Crippen LogP contribution in [0.5, 0.6) is 0 Å². The highest BCUT2D eigenvalue weighted by atomic mass is 16.3. The van der Waals surface area contributed by atoms with Gasteiger partial charge in [0.25, 0.3) is 0 Å². The number of fused-ring (bicyclic) bond motifs is 1. The third-order valence-corrected chi connectivity index (χ3v) is 4.15. The van der Waals surface area contributed by atoms with Gasteiger partial charge in [0.1, 0.15) is 5.78 Å². The van der Waals surface area contributed by atoms with Gasteiger partial charge in [-0.2, -0.15) is 0 Å². The van der Waals surface area contributed by atoms with Crippen molar-refractivity contribution < 1.29 is 9.90 Å². The van der Waals surface area contributed by atoms with Crippen molar-refractivity contribution in [3.63, 3.8) is 0 Å². The van der Waals surface area contributed by atoms with E-state index in [1.165, 1.54) is 0 Å². The van der Waals surface area contributed by atoms with Gasteiger partial charge < -0.3 is 5.11 Å². The van der Waals surface area contributed by atoms with Crippen LogP contribution < -0.4 is 0 Å². The maximum absolute atomic E-state index is 12.0. The van der Waals surface area contributed by atoms with E-state index in [0.717, 1.165) is 33.8 Å². The number of aromatic nitrogens is 2. The zero-order valence-corrected chi connectivity index (χ0v) is 14.0. The van der Waals surface area contributed by atoms with E-state index in [-0.39, 0.29) is 18.3 Å². The summed E-state index contributed by atoms with van der Waals surface area (Å²) in [6.07, 6.45) is 4.29. The molecule has 0 bridgehead atoms. The summed E-state index contributed by atoms with van der Waals surface area (Å²) in [7, 11) is 0. The van der Waals surface area contributed by atoms with Gasteiger partial charge >= 0.3 is 0 Å². The average molecular weight is 323 g/mol. The van der Waals surface area contributed by atoms with Gasteiger partial charge in [0, 0.05) is 54.4 Å². The molecule has 1 N–H and O–H groups in total. The Kier molecular flexibility index (Phi) is 4.81. The summed E-state index contributed by atoms with van der Waals surface area (Å²) in [5.74, 6) is 0.102. The molecule has 0 saturated heterocycles. The van der Waals surface area contributed by atoms with Crippen LogP contribution in [-0.4, -0.2) is 33.2 Å². The van der Waals surface area contributed by atoms with Crippen LogP contribution in [0, 0.1) is 12.8 Å². The van der Waals surface area contributed by atoms with Crippen molar-refractivity contribution in [2.45, 2.75) is 33.2 Å². The topological polar surface area (TPSA) is 75.4 Å². The van der Waals surface area contributed by atoms with Crippen molar-refractivity contribution in [3.05, 3.63) is 58.7 Å². The first-order chi connectivity index (χ1) is 11.6. The Labute approximate surface area is 141 Å². The number of aliphatic imine (C=N–C) groups is 1.